The van der Waals surface area contributed by atoms with Crippen LogP contribution in [0.4, 0.5) is 0 Å². The molecule has 0 aromatic heterocycles. The molecule has 16 heavy (non-hydrogen) atoms. The van der Waals surface area contributed by atoms with Crippen molar-refractivity contribution >= 4 is 24.1 Å². The van der Waals surface area contributed by atoms with E-state index in [1.54, 1.807) is 24.3 Å². The van der Waals surface area contributed by atoms with Gasteiger partial charge in [0.2, 0.25) is 0 Å². The number of rotatable bonds is 3. The molecule has 2 aromatic carbocycles. The van der Waals surface area contributed by atoms with Crippen LogP contribution in [0.25, 0.3) is 0 Å². The molecule has 2 aromatic rings. The zero-order valence-electron chi connectivity index (χ0n) is 8.48. The maximum atomic E-state index is 12.2. The molecule has 2 nitrogen and oxygen atoms in total. The molecule has 0 aliphatic rings. The van der Waals surface area contributed by atoms with Gasteiger partial charge in [-0.25, -0.2) is 0 Å². The Bertz CT molecular complexity index is 499. The predicted octanol–water partition coefficient (Wildman–Crippen LogP) is 3.51. The third kappa shape index (κ3) is 2.69. The van der Waals surface area contributed by atoms with Crippen LogP contribution in [0.3, 0.4) is 0 Å². The Kier molecular flexibility index (Phi) is 3.37. The van der Waals surface area contributed by atoms with Crippen LogP contribution in [0, 0.1) is 0 Å². The summed E-state index contributed by atoms with van der Waals surface area (Å²) in [6.07, 6.45) is 0. The van der Waals surface area contributed by atoms with Crippen molar-refractivity contribution in [2.24, 2.45) is 0 Å². The fourth-order valence-electron chi connectivity index (χ4n) is 1.29. The normalized spacial score (nSPS) is 14.1. The molecule has 0 saturated carbocycles. The second kappa shape index (κ2) is 4.77. The molecular formula is C12H11O2PS. The Hall–Kier alpha value is -1.18. The van der Waals surface area contributed by atoms with Gasteiger partial charge < -0.3 is 4.52 Å². The van der Waals surface area contributed by atoms with E-state index < -0.39 is 6.57 Å². The van der Waals surface area contributed by atoms with E-state index in [1.807, 2.05) is 36.4 Å². The highest BCUT2D eigenvalue weighted by Gasteiger charge is 2.21. The van der Waals surface area contributed by atoms with Crippen LogP contribution in [0.2, 0.25) is 0 Å². The average molecular weight is 250 g/mol. The van der Waals surface area contributed by atoms with Crippen molar-refractivity contribution < 1.29 is 9.09 Å². The maximum absolute atomic E-state index is 12.2. The van der Waals surface area contributed by atoms with Gasteiger partial charge in [0.1, 0.15) is 5.75 Å². The Morgan fingerprint density at radius 3 is 1.94 bits per heavy atom. The van der Waals surface area contributed by atoms with E-state index in [0.717, 1.165) is 0 Å². The van der Waals surface area contributed by atoms with E-state index in [1.165, 1.54) is 0 Å². The SMILES string of the molecule is O=P(S)(Oc1ccccc1)c1ccccc1. The number of thiol groups is 1. The van der Waals surface area contributed by atoms with Gasteiger partial charge in [0, 0.05) is 0 Å². The summed E-state index contributed by atoms with van der Waals surface area (Å²) in [5.74, 6) is 0.560. The molecule has 0 spiro atoms. The van der Waals surface area contributed by atoms with Crippen LogP contribution in [0.1, 0.15) is 0 Å². The average Bonchev–Trinajstić information content (AvgIpc) is 2.31. The van der Waals surface area contributed by atoms with Gasteiger partial charge in [-0.2, -0.15) is 0 Å². The molecule has 82 valence electrons. The summed E-state index contributed by atoms with van der Waals surface area (Å²) in [6, 6.07) is 18.0. The third-order valence-electron chi connectivity index (χ3n) is 2.05. The lowest BCUT2D eigenvalue weighted by atomic mass is 10.3. The number of benzene rings is 2. The van der Waals surface area contributed by atoms with Crippen LogP contribution in [0.5, 0.6) is 5.75 Å². The molecule has 0 saturated heterocycles. The fourth-order valence-corrected chi connectivity index (χ4v) is 3.04. The van der Waals surface area contributed by atoms with Gasteiger partial charge in [0.05, 0.1) is 5.30 Å². The largest absolute Gasteiger partial charge is 0.433 e. The first-order valence-corrected chi connectivity index (χ1v) is 7.59. The quantitative estimate of drug-likeness (QED) is 0.666. The molecule has 4 heteroatoms. The van der Waals surface area contributed by atoms with E-state index in [-0.39, 0.29) is 0 Å². The van der Waals surface area contributed by atoms with Gasteiger partial charge in [-0.05, 0) is 24.3 Å². The van der Waals surface area contributed by atoms with Crippen LogP contribution >= 0.6 is 18.8 Å². The summed E-state index contributed by atoms with van der Waals surface area (Å²) in [6.45, 7) is -3.07. The molecule has 2 rings (SSSR count). The van der Waals surface area contributed by atoms with Crippen molar-refractivity contribution in [3.63, 3.8) is 0 Å². The third-order valence-corrected chi connectivity index (χ3v) is 4.40. The van der Waals surface area contributed by atoms with Gasteiger partial charge in [-0.1, -0.05) is 48.6 Å². The molecule has 0 fully saturated rings. The topological polar surface area (TPSA) is 26.3 Å². The molecule has 0 heterocycles. The zero-order valence-corrected chi connectivity index (χ0v) is 10.3. The maximum Gasteiger partial charge on any atom is 0.330 e. The summed E-state index contributed by atoms with van der Waals surface area (Å²) >= 11 is 4.12. The van der Waals surface area contributed by atoms with Gasteiger partial charge in [0.15, 0.2) is 0 Å². The number of para-hydroxylation sites is 1. The Labute approximate surface area is 99.9 Å². The van der Waals surface area contributed by atoms with Crippen molar-refractivity contribution in [3.8, 4) is 5.75 Å². The number of hydrogen-bond donors (Lipinski definition) is 1. The Morgan fingerprint density at radius 1 is 0.875 bits per heavy atom. The van der Waals surface area contributed by atoms with Crippen molar-refractivity contribution in [2.45, 2.75) is 0 Å². The van der Waals surface area contributed by atoms with Crippen molar-refractivity contribution in [1.29, 1.82) is 0 Å². The molecule has 0 radical (unpaired) electrons. The minimum atomic E-state index is -3.07. The minimum Gasteiger partial charge on any atom is -0.433 e. The van der Waals surface area contributed by atoms with E-state index in [9.17, 15) is 4.57 Å². The van der Waals surface area contributed by atoms with Crippen molar-refractivity contribution in [3.05, 3.63) is 60.7 Å². The van der Waals surface area contributed by atoms with Crippen molar-refractivity contribution in [2.75, 3.05) is 0 Å². The van der Waals surface area contributed by atoms with Gasteiger partial charge in [-0.15, -0.1) is 0 Å². The van der Waals surface area contributed by atoms with Crippen LogP contribution in [-0.2, 0) is 4.57 Å². The second-order valence-corrected chi connectivity index (χ2v) is 6.58. The first-order valence-electron chi connectivity index (χ1n) is 4.81. The standard InChI is InChI=1S/C12H11O2PS/c13-15(16,12-9-5-2-6-10-12)14-11-7-3-1-4-8-11/h1-10H,(H,13,16). The van der Waals surface area contributed by atoms with E-state index in [2.05, 4.69) is 12.2 Å². The van der Waals surface area contributed by atoms with E-state index in [0.29, 0.717) is 11.1 Å². The molecule has 1 atom stereocenters. The Morgan fingerprint density at radius 2 is 1.38 bits per heavy atom. The monoisotopic (exact) mass is 250 g/mol. The van der Waals surface area contributed by atoms with E-state index in [4.69, 9.17) is 4.52 Å². The predicted molar refractivity (Wildman–Crippen MR) is 69.7 cm³/mol. The first kappa shape index (κ1) is 11.3. The van der Waals surface area contributed by atoms with Crippen LogP contribution in [0.15, 0.2) is 60.7 Å². The molecular weight excluding hydrogens is 239 g/mol. The molecule has 0 amide bonds. The summed E-state index contributed by atoms with van der Waals surface area (Å²) in [5.41, 5.74) is 0. The summed E-state index contributed by atoms with van der Waals surface area (Å²) < 4.78 is 17.6. The molecule has 0 bridgehead atoms. The molecule has 1 unspecified atom stereocenters. The van der Waals surface area contributed by atoms with Gasteiger partial charge >= 0.3 is 6.57 Å². The van der Waals surface area contributed by atoms with E-state index >= 15 is 0 Å². The summed E-state index contributed by atoms with van der Waals surface area (Å²) in [4.78, 5) is 0. The first-order chi connectivity index (χ1) is 7.68. The van der Waals surface area contributed by atoms with Gasteiger partial charge in [0.25, 0.3) is 0 Å². The van der Waals surface area contributed by atoms with Crippen molar-refractivity contribution in [1.82, 2.24) is 0 Å². The lowest BCUT2D eigenvalue weighted by Gasteiger charge is -2.13. The highest BCUT2D eigenvalue weighted by atomic mass is 32.7. The smallest absolute Gasteiger partial charge is 0.330 e. The minimum absolute atomic E-state index is 0.560. The second-order valence-electron chi connectivity index (χ2n) is 3.26. The molecule has 0 N–H and O–H groups in total. The number of hydrogen-bond acceptors (Lipinski definition) is 2. The molecule has 0 aliphatic heterocycles. The highest BCUT2D eigenvalue weighted by molar-refractivity contribution is 8.49. The van der Waals surface area contributed by atoms with Crippen LogP contribution in [-0.4, -0.2) is 0 Å². The summed E-state index contributed by atoms with van der Waals surface area (Å²) in [5, 5.41) is 0.599. The Balaban J connectivity index is 2.25. The summed E-state index contributed by atoms with van der Waals surface area (Å²) in [7, 11) is 0. The van der Waals surface area contributed by atoms with Crippen LogP contribution < -0.4 is 9.83 Å². The highest BCUT2D eigenvalue weighted by Crippen LogP contribution is 2.50. The zero-order chi connectivity index (χ0) is 11.4. The molecule has 0 aliphatic carbocycles. The lowest BCUT2D eigenvalue weighted by molar-refractivity contribution is 0.509. The fraction of sp³-hybridized carbons (Fsp3) is 0. The van der Waals surface area contributed by atoms with Gasteiger partial charge in [-0.3, -0.25) is 4.57 Å². The lowest BCUT2D eigenvalue weighted by Crippen LogP contribution is -2.04.